The predicted molar refractivity (Wildman–Crippen MR) is 64.3 cm³/mol. The van der Waals surface area contributed by atoms with Crippen molar-refractivity contribution in [2.75, 3.05) is 13.2 Å². The molecule has 1 rings (SSSR count). The minimum Gasteiger partial charge on any atom is -0.441 e. The fourth-order valence-electron chi connectivity index (χ4n) is 0.983. The van der Waals surface area contributed by atoms with Gasteiger partial charge >= 0.3 is 23.9 Å². The number of rotatable bonds is 10. The molecular formula is C6H4F2N8O10. The zero-order valence-corrected chi connectivity index (χ0v) is 11.8. The molecule has 20 heteroatoms. The van der Waals surface area contributed by atoms with Crippen LogP contribution in [0.4, 0.5) is 8.78 Å². The van der Waals surface area contributed by atoms with E-state index in [4.69, 9.17) is 0 Å². The van der Waals surface area contributed by atoms with Crippen molar-refractivity contribution in [1.82, 2.24) is 20.4 Å². The lowest BCUT2D eigenvalue weighted by Crippen LogP contribution is -2.47. The maximum absolute atomic E-state index is 13.4. The third-order valence-electron chi connectivity index (χ3n) is 2.33. The maximum atomic E-state index is 13.4. The first-order valence-electron chi connectivity index (χ1n) is 5.72. The van der Waals surface area contributed by atoms with Crippen molar-refractivity contribution < 1.29 is 37.9 Å². The third-order valence-corrected chi connectivity index (χ3v) is 2.33. The molecule has 0 N–H and O–H groups in total. The lowest BCUT2D eigenvalue weighted by Gasteiger charge is -2.09. The van der Waals surface area contributed by atoms with E-state index in [-0.39, 0.29) is 0 Å². The van der Waals surface area contributed by atoms with Crippen LogP contribution in [0.15, 0.2) is 0 Å². The van der Waals surface area contributed by atoms with Crippen LogP contribution < -0.4 is 9.47 Å². The maximum Gasteiger partial charge on any atom is 0.648 e. The fourth-order valence-corrected chi connectivity index (χ4v) is 0.983. The van der Waals surface area contributed by atoms with Gasteiger partial charge in [0.2, 0.25) is 0 Å². The van der Waals surface area contributed by atoms with Gasteiger partial charge in [0.15, 0.2) is 0 Å². The topological polar surface area (TPSA) is 243 Å². The Balaban J connectivity index is 2.75. The van der Waals surface area contributed by atoms with Gasteiger partial charge in [0.1, 0.15) is 19.7 Å². The Morgan fingerprint density at radius 2 is 0.923 bits per heavy atom. The smallest absolute Gasteiger partial charge is 0.441 e. The number of hydrogen-bond acceptors (Lipinski definition) is 14. The van der Waals surface area contributed by atoms with Gasteiger partial charge in [0, 0.05) is 0 Å². The normalized spacial score (nSPS) is 11.5. The minimum absolute atomic E-state index is 1.02. The highest BCUT2D eigenvalue weighted by Crippen LogP contribution is 2.16. The van der Waals surface area contributed by atoms with Crippen LogP contribution in [0.1, 0.15) is 0 Å². The van der Waals surface area contributed by atoms with Gasteiger partial charge in [-0.3, -0.25) is 40.5 Å². The van der Waals surface area contributed by atoms with Crippen molar-refractivity contribution in [1.29, 1.82) is 0 Å². The van der Waals surface area contributed by atoms with Crippen molar-refractivity contribution in [2.45, 2.75) is 11.8 Å². The zero-order chi connectivity index (χ0) is 20.1. The highest BCUT2D eigenvalue weighted by molar-refractivity contribution is 4.90. The van der Waals surface area contributed by atoms with E-state index in [1.165, 1.54) is 0 Å². The first-order valence-corrected chi connectivity index (χ1v) is 5.72. The summed E-state index contributed by atoms with van der Waals surface area (Å²) in [4.78, 5) is 33.6. The lowest BCUT2D eigenvalue weighted by atomic mass is 10.5. The summed E-state index contributed by atoms with van der Waals surface area (Å²) in [5.41, 5.74) is 0. The first-order chi connectivity index (χ1) is 11.9. The third kappa shape index (κ3) is 4.09. The Labute approximate surface area is 137 Å². The van der Waals surface area contributed by atoms with Gasteiger partial charge in [-0.25, -0.2) is 0 Å². The second-order valence-corrected chi connectivity index (χ2v) is 4.01. The average Bonchev–Trinajstić information content (AvgIpc) is 2.57. The molecule has 0 amide bonds. The Hall–Kier alpha value is -4.00. The summed E-state index contributed by atoms with van der Waals surface area (Å²) < 4.78 is 35.2. The number of halogens is 2. The van der Waals surface area contributed by atoms with Crippen LogP contribution in [0, 0.1) is 40.5 Å². The molecule has 1 aromatic heterocycles. The molecule has 0 spiro atoms. The quantitative estimate of drug-likeness (QED) is 0.190. The highest BCUT2D eigenvalue weighted by Gasteiger charge is 2.60. The molecule has 142 valence electrons. The number of alkyl halides is 2. The minimum atomic E-state index is -4.22. The van der Waals surface area contributed by atoms with E-state index in [2.05, 4.69) is 29.9 Å². The second kappa shape index (κ2) is 7.27. The van der Waals surface area contributed by atoms with E-state index in [9.17, 15) is 49.2 Å². The molecule has 0 fully saturated rings. The Morgan fingerprint density at radius 3 is 1.12 bits per heavy atom. The van der Waals surface area contributed by atoms with Gasteiger partial charge in [0.05, 0.1) is 0 Å². The van der Waals surface area contributed by atoms with Crippen LogP contribution in [0.3, 0.4) is 0 Å². The monoisotopic (exact) mass is 386 g/mol. The molecule has 0 aliphatic heterocycles. The van der Waals surface area contributed by atoms with E-state index in [1.807, 2.05) is 0 Å². The van der Waals surface area contributed by atoms with Gasteiger partial charge in [-0.1, -0.05) is 29.2 Å². The van der Waals surface area contributed by atoms with E-state index >= 15 is 0 Å². The van der Waals surface area contributed by atoms with Crippen molar-refractivity contribution in [3.8, 4) is 12.0 Å². The molecular weight excluding hydrogens is 382 g/mol. The summed E-state index contributed by atoms with van der Waals surface area (Å²) in [5, 5.41) is 53.0. The van der Waals surface area contributed by atoms with Crippen LogP contribution in [0.2, 0.25) is 0 Å². The van der Waals surface area contributed by atoms with Crippen molar-refractivity contribution in [3.63, 3.8) is 0 Å². The zero-order valence-electron chi connectivity index (χ0n) is 11.8. The van der Waals surface area contributed by atoms with Gasteiger partial charge in [0.25, 0.3) is 13.2 Å². The highest BCUT2D eigenvalue weighted by atomic mass is 19.2. The largest absolute Gasteiger partial charge is 0.648 e. The summed E-state index contributed by atoms with van der Waals surface area (Å²) in [6, 6.07) is -2.03. The van der Waals surface area contributed by atoms with Crippen LogP contribution >= 0.6 is 0 Å². The van der Waals surface area contributed by atoms with E-state index in [0.717, 1.165) is 0 Å². The summed E-state index contributed by atoms with van der Waals surface area (Å²) >= 11 is 0. The van der Waals surface area contributed by atoms with E-state index in [1.54, 1.807) is 0 Å². The molecule has 0 saturated heterocycles. The molecule has 0 saturated carbocycles. The van der Waals surface area contributed by atoms with Gasteiger partial charge in [-0.2, -0.15) is 0 Å². The summed E-state index contributed by atoms with van der Waals surface area (Å²) in [5.74, 6) is -8.44. The molecule has 0 aliphatic carbocycles. The lowest BCUT2D eigenvalue weighted by molar-refractivity contribution is -0.832. The molecule has 0 unspecified atom stereocenters. The first kappa shape index (κ1) is 20.0. The molecule has 0 aliphatic rings. The van der Waals surface area contributed by atoms with Crippen molar-refractivity contribution in [2.24, 2.45) is 0 Å². The number of ether oxygens (including phenoxy) is 2. The average molecular weight is 386 g/mol. The van der Waals surface area contributed by atoms with Crippen molar-refractivity contribution >= 4 is 0 Å². The van der Waals surface area contributed by atoms with Crippen LogP contribution in [-0.2, 0) is 0 Å². The second-order valence-electron chi connectivity index (χ2n) is 4.01. The van der Waals surface area contributed by atoms with Gasteiger partial charge in [-0.05, 0) is 0 Å². The van der Waals surface area contributed by atoms with Crippen LogP contribution in [-0.4, -0.2) is 65.1 Å². The Morgan fingerprint density at radius 1 is 0.692 bits per heavy atom. The SMILES string of the molecule is O=[N+]([O-])C(F)(COc1nnc(OCC(F)([N+](=O)[O-])[N+](=O)[O-])nn1)[N+](=O)[O-]. The summed E-state index contributed by atoms with van der Waals surface area (Å²) in [6.07, 6.45) is 0. The van der Waals surface area contributed by atoms with Crippen LogP contribution in [0.25, 0.3) is 0 Å². The van der Waals surface area contributed by atoms with Gasteiger partial charge < -0.3 is 9.47 Å². The number of nitro groups is 4. The summed E-state index contributed by atoms with van der Waals surface area (Å²) in [6.45, 7) is -3.54. The molecule has 0 radical (unpaired) electrons. The van der Waals surface area contributed by atoms with Crippen molar-refractivity contribution in [3.05, 3.63) is 40.5 Å². The molecule has 0 aromatic carbocycles. The van der Waals surface area contributed by atoms with Crippen LogP contribution in [0.5, 0.6) is 12.0 Å². The number of aromatic nitrogens is 4. The molecule has 0 bridgehead atoms. The fraction of sp³-hybridized carbons (Fsp3) is 0.667. The Kier molecular flexibility index (Phi) is 5.60. The van der Waals surface area contributed by atoms with Gasteiger partial charge in [-0.15, -0.1) is 0 Å². The number of hydrogen-bond donors (Lipinski definition) is 0. The molecule has 26 heavy (non-hydrogen) atoms. The van der Waals surface area contributed by atoms with E-state index < -0.39 is 56.8 Å². The molecule has 1 heterocycles. The molecule has 1 aromatic rings. The Bertz CT molecular complexity index is 640. The molecule has 0 atom stereocenters. The predicted octanol–water partition coefficient (Wildman–Crippen LogP) is -1.62. The standard InChI is InChI=1S/C6H4F2N8O10/c7-5(13(17)18,14(19)20)1-25-3-9-11-4(12-10-3)26-2-6(8,15(21)22)16(23)24/h1-2H2. The number of nitrogens with zero attached hydrogens (tertiary/aromatic N) is 8. The summed E-state index contributed by atoms with van der Waals surface area (Å²) in [7, 11) is 0. The molecule has 18 nitrogen and oxygen atoms in total. The van der Waals surface area contributed by atoms with E-state index in [0.29, 0.717) is 0 Å².